The van der Waals surface area contributed by atoms with E-state index in [-0.39, 0.29) is 12.3 Å². The lowest BCUT2D eigenvalue weighted by molar-refractivity contribution is -0.121. The molecule has 0 fully saturated rings. The Bertz CT molecular complexity index is 766. The summed E-state index contributed by atoms with van der Waals surface area (Å²) in [6.45, 7) is 3.64. The van der Waals surface area contributed by atoms with E-state index in [1.807, 2.05) is 0 Å². The van der Waals surface area contributed by atoms with Gasteiger partial charge < -0.3 is 11.1 Å². The zero-order chi connectivity index (χ0) is 17.0. The summed E-state index contributed by atoms with van der Waals surface area (Å²) in [5.74, 6) is 0.292. The highest BCUT2D eigenvalue weighted by atomic mass is 32.2. The molecule has 4 N–H and O–H groups in total. The Balaban J connectivity index is 1.87. The van der Waals surface area contributed by atoms with Crippen molar-refractivity contribution in [2.45, 2.75) is 33.2 Å². The van der Waals surface area contributed by atoms with Gasteiger partial charge in [0.25, 0.3) is 0 Å². The van der Waals surface area contributed by atoms with Gasteiger partial charge in [-0.05, 0) is 37.5 Å². The molecule has 1 aliphatic heterocycles. The number of aromatic nitrogens is 1. The predicted molar refractivity (Wildman–Crippen MR) is 87.6 cm³/mol. The second kappa shape index (κ2) is 6.78. The van der Waals surface area contributed by atoms with E-state index < -0.39 is 10.2 Å². The zero-order valence-electron chi connectivity index (χ0n) is 13.0. The Morgan fingerprint density at radius 2 is 2.09 bits per heavy atom. The highest BCUT2D eigenvalue weighted by Crippen LogP contribution is 2.17. The normalized spacial score (nSPS) is 16.5. The zero-order valence-corrected chi connectivity index (χ0v) is 13.8. The predicted octanol–water partition coefficient (Wildman–Crippen LogP) is 0.643. The molecule has 1 aromatic heterocycles. The average molecular weight is 337 g/mol. The molecule has 9 heteroatoms. The van der Waals surface area contributed by atoms with Crippen LogP contribution in [0.2, 0.25) is 0 Å². The summed E-state index contributed by atoms with van der Waals surface area (Å²) < 4.78 is 28.8. The minimum absolute atomic E-state index is 0.136. The highest BCUT2D eigenvalue weighted by Gasteiger charge is 2.20. The fourth-order valence-electron chi connectivity index (χ4n) is 2.22. The van der Waals surface area contributed by atoms with Gasteiger partial charge in [-0.1, -0.05) is 6.07 Å². The maximum absolute atomic E-state index is 11.9. The van der Waals surface area contributed by atoms with Crippen LogP contribution in [0.25, 0.3) is 0 Å². The van der Waals surface area contributed by atoms with Crippen LogP contribution < -0.4 is 15.8 Å². The van der Waals surface area contributed by atoms with Crippen LogP contribution in [0.3, 0.4) is 0 Å². The largest absolute Gasteiger partial charge is 0.384 e. The van der Waals surface area contributed by atoms with E-state index in [4.69, 9.17) is 5.73 Å². The second-order valence-corrected chi connectivity index (χ2v) is 6.56. The van der Waals surface area contributed by atoms with Crippen LogP contribution in [0.1, 0.15) is 32.3 Å². The van der Waals surface area contributed by atoms with E-state index in [1.54, 1.807) is 32.2 Å². The van der Waals surface area contributed by atoms with Gasteiger partial charge in [0.05, 0.1) is 5.71 Å². The first-order valence-corrected chi connectivity index (χ1v) is 8.47. The molecule has 0 aliphatic carbocycles. The Hall–Kier alpha value is -2.42. The van der Waals surface area contributed by atoms with Crippen LogP contribution in [0.4, 0.5) is 5.82 Å². The van der Waals surface area contributed by atoms with Crippen molar-refractivity contribution < 1.29 is 13.2 Å². The van der Waals surface area contributed by atoms with Crippen LogP contribution in [-0.2, 0) is 21.5 Å². The van der Waals surface area contributed by atoms with Crippen LogP contribution >= 0.6 is 0 Å². The van der Waals surface area contributed by atoms with Crippen LogP contribution in [0.15, 0.2) is 34.0 Å². The number of rotatable bonds is 5. The molecule has 1 aliphatic rings. The molecular formula is C14H19N5O3S. The number of nitrogen functional groups attached to an aromatic ring is 1. The maximum Gasteiger partial charge on any atom is 0.342 e. The van der Waals surface area contributed by atoms with Gasteiger partial charge in [-0.3, -0.25) is 9.52 Å². The van der Waals surface area contributed by atoms with E-state index >= 15 is 0 Å². The molecule has 0 radical (unpaired) electrons. The number of allylic oxidation sites excluding steroid dienone is 2. The van der Waals surface area contributed by atoms with Crippen molar-refractivity contribution in [1.29, 1.82) is 0 Å². The molecule has 1 amide bonds. The number of carbonyl (C=O) groups excluding carboxylic acids is 1. The molecule has 0 saturated heterocycles. The molecule has 0 unspecified atom stereocenters. The van der Waals surface area contributed by atoms with Gasteiger partial charge in [-0.25, -0.2) is 4.98 Å². The number of carbonyl (C=O) groups is 1. The minimum atomic E-state index is -3.64. The first-order valence-electron chi connectivity index (χ1n) is 7.03. The Kier molecular flexibility index (Phi) is 4.99. The average Bonchev–Trinajstić information content (AvgIpc) is 2.44. The third kappa shape index (κ3) is 4.78. The summed E-state index contributed by atoms with van der Waals surface area (Å²) in [5, 5.41) is 2.78. The standard InChI is InChI=1S/C14H19N5O3S/c1-9-12(10(2)19-23(21,22)18-9)4-6-14(20)17-8-11-3-5-13(15)16-7-11/h3,5,7,18H,4,6,8H2,1-2H3,(H2,15,16)(H,17,20). The van der Waals surface area contributed by atoms with Gasteiger partial charge in [0, 0.05) is 24.9 Å². The van der Waals surface area contributed by atoms with Gasteiger partial charge in [0.1, 0.15) is 5.82 Å². The quantitative estimate of drug-likeness (QED) is 0.727. The van der Waals surface area contributed by atoms with Crippen molar-refractivity contribution in [2.24, 2.45) is 4.40 Å². The smallest absolute Gasteiger partial charge is 0.342 e. The summed E-state index contributed by atoms with van der Waals surface area (Å²) >= 11 is 0. The monoisotopic (exact) mass is 337 g/mol. The number of hydrogen-bond acceptors (Lipinski definition) is 5. The number of nitrogens with two attached hydrogens (primary N) is 1. The third-order valence-corrected chi connectivity index (χ3v) is 4.45. The van der Waals surface area contributed by atoms with Crippen molar-refractivity contribution in [3.63, 3.8) is 0 Å². The molecule has 0 saturated carbocycles. The molecule has 2 heterocycles. The molecule has 0 bridgehead atoms. The summed E-state index contributed by atoms with van der Waals surface area (Å²) in [6, 6.07) is 3.46. The number of amides is 1. The maximum atomic E-state index is 11.9. The van der Waals surface area contributed by atoms with E-state index in [2.05, 4.69) is 19.4 Å². The Morgan fingerprint density at radius 1 is 1.35 bits per heavy atom. The fourth-order valence-corrected chi connectivity index (χ4v) is 3.25. The lowest BCUT2D eigenvalue weighted by Gasteiger charge is -2.17. The van der Waals surface area contributed by atoms with E-state index in [0.717, 1.165) is 11.1 Å². The van der Waals surface area contributed by atoms with Gasteiger partial charge in [-0.2, -0.15) is 8.42 Å². The number of pyridine rings is 1. The van der Waals surface area contributed by atoms with Crippen molar-refractivity contribution in [2.75, 3.05) is 5.73 Å². The topological polar surface area (TPSA) is 127 Å². The molecule has 0 aromatic carbocycles. The summed E-state index contributed by atoms with van der Waals surface area (Å²) in [4.78, 5) is 15.9. The number of hydrogen-bond donors (Lipinski definition) is 3. The molecule has 23 heavy (non-hydrogen) atoms. The first kappa shape index (κ1) is 16.9. The lowest BCUT2D eigenvalue weighted by atomic mass is 10.0. The SMILES string of the molecule is CC1=NS(=O)(=O)NC(C)=C1CCC(=O)NCc1ccc(N)nc1. The van der Waals surface area contributed by atoms with Gasteiger partial charge in [0.2, 0.25) is 5.91 Å². The summed E-state index contributed by atoms with van der Waals surface area (Å²) in [7, 11) is -3.64. The Morgan fingerprint density at radius 3 is 2.70 bits per heavy atom. The molecule has 2 rings (SSSR count). The fraction of sp³-hybridized carbons (Fsp3) is 0.357. The lowest BCUT2D eigenvalue weighted by Crippen LogP contribution is -2.29. The van der Waals surface area contributed by atoms with Crippen LogP contribution in [0, 0.1) is 0 Å². The number of nitrogens with one attached hydrogen (secondary N) is 2. The molecule has 0 atom stereocenters. The van der Waals surface area contributed by atoms with Gasteiger partial charge in [-0.15, -0.1) is 4.40 Å². The van der Waals surface area contributed by atoms with Crippen molar-refractivity contribution >= 4 is 27.6 Å². The molecule has 1 aromatic rings. The van der Waals surface area contributed by atoms with Crippen molar-refractivity contribution in [3.05, 3.63) is 35.2 Å². The third-order valence-electron chi connectivity index (χ3n) is 3.37. The van der Waals surface area contributed by atoms with Gasteiger partial charge in [0.15, 0.2) is 0 Å². The van der Waals surface area contributed by atoms with E-state index in [0.29, 0.717) is 30.2 Å². The molecule has 8 nitrogen and oxygen atoms in total. The molecule has 124 valence electrons. The first-order chi connectivity index (χ1) is 10.8. The summed E-state index contributed by atoms with van der Waals surface area (Å²) in [6.07, 6.45) is 2.26. The van der Waals surface area contributed by atoms with Crippen molar-refractivity contribution in [3.8, 4) is 0 Å². The molecular weight excluding hydrogens is 318 g/mol. The second-order valence-electron chi connectivity index (χ2n) is 5.23. The minimum Gasteiger partial charge on any atom is -0.384 e. The Labute approximate surface area is 135 Å². The van der Waals surface area contributed by atoms with Crippen LogP contribution in [0.5, 0.6) is 0 Å². The highest BCUT2D eigenvalue weighted by molar-refractivity contribution is 7.88. The summed E-state index contributed by atoms with van der Waals surface area (Å²) in [5.41, 5.74) is 8.01. The number of anilines is 1. The van der Waals surface area contributed by atoms with Crippen molar-refractivity contribution in [1.82, 2.24) is 15.0 Å². The van der Waals surface area contributed by atoms with Crippen LogP contribution in [-0.4, -0.2) is 25.0 Å². The molecule has 0 spiro atoms. The van der Waals surface area contributed by atoms with E-state index in [1.165, 1.54) is 0 Å². The number of nitrogens with zero attached hydrogens (tertiary/aromatic N) is 2. The van der Waals surface area contributed by atoms with E-state index in [9.17, 15) is 13.2 Å². The van der Waals surface area contributed by atoms with Gasteiger partial charge >= 0.3 is 10.2 Å².